The van der Waals surface area contributed by atoms with Crippen molar-refractivity contribution in [2.24, 2.45) is 51.2 Å². The summed E-state index contributed by atoms with van der Waals surface area (Å²) in [6, 6.07) is 0. The third-order valence-corrected chi connectivity index (χ3v) is 13.9. The Hall–Kier alpha value is -2.06. The van der Waals surface area contributed by atoms with Gasteiger partial charge in [0, 0.05) is 29.8 Å². The zero-order valence-electron chi connectivity index (χ0n) is 28.1. The van der Waals surface area contributed by atoms with Gasteiger partial charge < -0.3 is 13.9 Å². The normalized spacial score (nSPS) is 41.0. The standard InChI is InChI=1S/C35H52O7Si/c1-20-16-25-24-13-12-22-17-23(37)14-15-33(22,7)28(24)26(42-43(9,10)11)18-34(25,8)35(20,27(38)19-40-21(2)36)41-30(39)29-31(3,4)32(29,5)6/h14-15,17,20,24-26,28-29H,12-13,16,18-19H2,1-11H3/t20?,24-,25-,26?,28+,33-,34-,35-/m0/s1. The van der Waals surface area contributed by atoms with Crippen LogP contribution in [0.1, 0.15) is 81.1 Å². The van der Waals surface area contributed by atoms with Gasteiger partial charge in [0.25, 0.3) is 0 Å². The van der Waals surface area contributed by atoms with Gasteiger partial charge in [-0.15, -0.1) is 0 Å². The number of hydrogen-bond acceptors (Lipinski definition) is 7. The molecule has 0 heterocycles. The molecule has 2 unspecified atom stereocenters. The molecule has 0 bridgehead atoms. The van der Waals surface area contributed by atoms with Crippen LogP contribution in [0.2, 0.25) is 19.6 Å². The van der Waals surface area contributed by atoms with Gasteiger partial charge in [0.2, 0.25) is 5.78 Å². The van der Waals surface area contributed by atoms with Crippen LogP contribution in [-0.4, -0.2) is 50.1 Å². The van der Waals surface area contributed by atoms with E-state index in [1.54, 1.807) is 6.08 Å². The number of fused-ring (bicyclic) bond motifs is 5. The first-order valence-electron chi connectivity index (χ1n) is 16.1. The predicted molar refractivity (Wildman–Crippen MR) is 166 cm³/mol. The Morgan fingerprint density at radius 2 is 1.65 bits per heavy atom. The van der Waals surface area contributed by atoms with Crippen molar-refractivity contribution in [3.05, 3.63) is 23.8 Å². The highest BCUT2D eigenvalue weighted by atomic mass is 28.4. The maximum Gasteiger partial charge on any atom is 0.311 e. The molecule has 4 saturated carbocycles. The summed E-state index contributed by atoms with van der Waals surface area (Å²) >= 11 is 0. The van der Waals surface area contributed by atoms with Crippen LogP contribution in [-0.2, 0) is 33.1 Å². The molecule has 0 N–H and O–H groups in total. The highest BCUT2D eigenvalue weighted by molar-refractivity contribution is 6.69. The summed E-state index contributed by atoms with van der Waals surface area (Å²) in [5, 5.41) is 0. The Morgan fingerprint density at radius 3 is 2.21 bits per heavy atom. The fraction of sp³-hybridized carbons (Fsp3) is 0.771. The molecule has 8 atom stereocenters. The summed E-state index contributed by atoms with van der Waals surface area (Å²) in [4.78, 5) is 52.9. The maximum absolute atomic E-state index is 14.5. The lowest BCUT2D eigenvalue weighted by Gasteiger charge is -2.61. The van der Waals surface area contributed by atoms with E-state index >= 15 is 0 Å². The van der Waals surface area contributed by atoms with Crippen LogP contribution >= 0.6 is 0 Å². The van der Waals surface area contributed by atoms with Crippen LogP contribution in [0.5, 0.6) is 0 Å². The lowest BCUT2D eigenvalue weighted by molar-refractivity contribution is -0.206. The summed E-state index contributed by atoms with van der Waals surface area (Å²) in [7, 11) is -2.07. The van der Waals surface area contributed by atoms with Crippen molar-refractivity contribution in [1.29, 1.82) is 0 Å². The number of allylic oxidation sites excluding steroid dienone is 4. The average Bonchev–Trinajstić information content (AvgIpc) is 3.17. The van der Waals surface area contributed by atoms with Crippen LogP contribution in [0.3, 0.4) is 0 Å². The summed E-state index contributed by atoms with van der Waals surface area (Å²) < 4.78 is 19.1. The van der Waals surface area contributed by atoms with Crippen LogP contribution in [0.15, 0.2) is 23.8 Å². The molecule has 5 rings (SSSR count). The number of rotatable bonds is 7. The van der Waals surface area contributed by atoms with E-state index in [-0.39, 0.29) is 69.5 Å². The van der Waals surface area contributed by atoms with Crippen molar-refractivity contribution < 1.29 is 33.1 Å². The Balaban J connectivity index is 1.63. The van der Waals surface area contributed by atoms with E-state index in [9.17, 15) is 19.2 Å². The lowest BCUT2D eigenvalue weighted by atomic mass is 9.46. The first-order valence-corrected chi connectivity index (χ1v) is 19.6. The molecular weight excluding hydrogens is 560 g/mol. The third-order valence-electron chi connectivity index (χ3n) is 12.9. The van der Waals surface area contributed by atoms with Gasteiger partial charge in [-0.25, -0.2) is 0 Å². The molecule has 0 spiro atoms. The van der Waals surface area contributed by atoms with Crippen LogP contribution in [0.25, 0.3) is 0 Å². The Kier molecular flexibility index (Phi) is 7.50. The SMILES string of the molecule is CC(=O)OCC(=O)[C@@]1(OC(=O)C2C(C)(C)C2(C)C)C(C)C[C@H]2[C@@H]3CCC4=CC(=O)C=C[C@]4(C)[C@H]3C(O[Si](C)(C)C)C[C@@]21C. The van der Waals surface area contributed by atoms with Crippen molar-refractivity contribution in [2.75, 3.05) is 6.61 Å². The quantitative estimate of drug-likeness (QED) is 0.240. The molecule has 7 nitrogen and oxygen atoms in total. The topological polar surface area (TPSA) is 96.0 Å². The molecule has 0 aromatic heterocycles. The molecule has 0 aromatic carbocycles. The van der Waals surface area contributed by atoms with Gasteiger partial charge in [-0.1, -0.05) is 60.1 Å². The zero-order chi connectivity index (χ0) is 32.1. The minimum atomic E-state index is -2.07. The van der Waals surface area contributed by atoms with Crippen molar-refractivity contribution in [1.82, 2.24) is 0 Å². The largest absolute Gasteiger partial charge is 0.458 e. The van der Waals surface area contributed by atoms with Crippen molar-refractivity contribution in [3.63, 3.8) is 0 Å². The van der Waals surface area contributed by atoms with Gasteiger partial charge in [0.05, 0.1) is 5.92 Å². The molecule has 0 aromatic rings. The first-order chi connectivity index (χ1) is 19.6. The van der Waals surface area contributed by atoms with E-state index in [1.165, 1.54) is 12.5 Å². The number of hydrogen-bond donors (Lipinski definition) is 0. The molecule has 0 saturated heterocycles. The predicted octanol–water partition coefficient (Wildman–Crippen LogP) is 6.47. The van der Waals surface area contributed by atoms with E-state index in [4.69, 9.17) is 13.9 Å². The first kappa shape index (κ1) is 32.3. The fourth-order valence-corrected chi connectivity index (χ4v) is 11.5. The molecule has 0 amide bonds. The third kappa shape index (κ3) is 4.67. The van der Waals surface area contributed by atoms with Gasteiger partial charge in [0.1, 0.15) is 0 Å². The lowest BCUT2D eigenvalue weighted by Crippen LogP contribution is -2.65. The molecule has 0 aliphatic heterocycles. The number of carbonyl (C=O) groups is 4. The van der Waals surface area contributed by atoms with Crippen LogP contribution in [0.4, 0.5) is 0 Å². The van der Waals surface area contributed by atoms with Gasteiger partial charge in [-0.2, -0.15) is 0 Å². The second kappa shape index (κ2) is 9.97. The molecule has 4 fully saturated rings. The summed E-state index contributed by atoms with van der Waals surface area (Å²) in [5.41, 5.74) is -1.82. The zero-order valence-corrected chi connectivity index (χ0v) is 29.1. The van der Waals surface area contributed by atoms with E-state index in [0.29, 0.717) is 6.42 Å². The van der Waals surface area contributed by atoms with Crippen LogP contribution < -0.4 is 0 Å². The number of carbonyl (C=O) groups excluding carboxylic acids is 4. The van der Waals surface area contributed by atoms with E-state index < -0.39 is 31.9 Å². The van der Waals surface area contributed by atoms with Crippen molar-refractivity contribution in [2.45, 2.75) is 112 Å². The monoisotopic (exact) mass is 612 g/mol. The van der Waals surface area contributed by atoms with Gasteiger partial charge >= 0.3 is 11.9 Å². The van der Waals surface area contributed by atoms with Gasteiger partial charge in [-0.3, -0.25) is 19.2 Å². The van der Waals surface area contributed by atoms with E-state index in [1.807, 2.05) is 13.0 Å². The maximum atomic E-state index is 14.5. The van der Waals surface area contributed by atoms with Crippen molar-refractivity contribution in [3.8, 4) is 0 Å². The van der Waals surface area contributed by atoms with Crippen LogP contribution in [0, 0.1) is 51.2 Å². The molecule has 238 valence electrons. The fourth-order valence-electron chi connectivity index (χ4n) is 10.3. The van der Waals surface area contributed by atoms with Crippen molar-refractivity contribution >= 4 is 31.8 Å². The van der Waals surface area contributed by atoms with Gasteiger partial charge in [-0.05, 0) is 86.1 Å². The van der Waals surface area contributed by atoms with E-state index in [0.717, 1.165) is 19.3 Å². The molecular formula is C35H52O7Si. The number of Topliss-reactive ketones (excluding diaryl/α,β-unsaturated/α-hetero) is 1. The number of ketones is 2. The number of esters is 2. The van der Waals surface area contributed by atoms with E-state index in [2.05, 4.69) is 67.3 Å². The minimum Gasteiger partial charge on any atom is -0.458 e. The molecule has 43 heavy (non-hydrogen) atoms. The molecule has 5 aliphatic rings. The van der Waals surface area contributed by atoms with Gasteiger partial charge in [0.15, 0.2) is 26.3 Å². The molecule has 5 aliphatic carbocycles. The summed E-state index contributed by atoms with van der Waals surface area (Å²) in [5.74, 6) is -1.33. The summed E-state index contributed by atoms with van der Waals surface area (Å²) in [6.45, 7) is 22.2. The average molecular weight is 613 g/mol. The molecule has 8 heteroatoms. The molecule has 0 radical (unpaired) electrons. The number of ether oxygens (including phenoxy) is 2. The second-order valence-corrected chi connectivity index (χ2v) is 21.2. The summed E-state index contributed by atoms with van der Waals surface area (Å²) in [6.07, 6.45) is 8.41. The Labute approximate surface area is 258 Å². The smallest absolute Gasteiger partial charge is 0.311 e. The highest BCUT2D eigenvalue weighted by Gasteiger charge is 2.76. The Bertz CT molecular complexity index is 1290. The second-order valence-electron chi connectivity index (χ2n) is 16.8. The minimum absolute atomic E-state index is 0.0386. The Morgan fingerprint density at radius 1 is 1.02 bits per heavy atom. The highest BCUT2D eigenvalue weighted by Crippen LogP contribution is 2.72.